The molecule has 0 spiro atoms. The fourth-order valence-electron chi connectivity index (χ4n) is 10.7. The molecule has 0 bridgehead atoms. The van der Waals surface area contributed by atoms with Crippen molar-refractivity contribution >= 4 is 64.6 Å². The third kappa shape index (κ3) is 17.6. The van der Waals surface area contributed by atoms with Gasteiger partial charge in [-0.15, -0.1) is 0 Å². The van der Waals surface area contributed by atoms with Crippen LogP contribution in [0.5, 0.6) is 0 Å². The van der Waals surface area contributed by atoms with Crippen molar-refractivity contribution in [1.82, 2.24) is 0 Å². The second-order valence-electron chi connectivity index (χ2n) is 20.3. The van der Waals surface area contributed by atoms with Gasteiger partial charge in [-0.05, 0) is 137 Å². The molecule has 1 nitrogen and oxygen atoms in total. The lowest BCUT2D eigenvalue weighted by Crippen LogP contribution is -1.84. The summed E-state index contributed by atoms with van der Waals surface area (Å²) in [5.41, 5.74) is 8.84. The van der Waals surface area contributed by atoms with Gasteiger partial charge in [0.15, 0.2) is 0 Å². The molecule has 0 aliphatic rings. The molecular weight excluding hydrogens is 953 g/mol. The minimum Gasteiger partial charge on any atom is -0.412 e. The topological polar surface area (TPSA) is 31.5 Å². The highest BCUT2D eigenvalue weighted by Crippen LogP contribution is 2.24. The van der Waals surface area contributed by atoms with E-state index in [2.05, 4.69) is 296 Å². The normalized spacial score (nSPS) is 10.4. The Morgan fingerprint density at radius 3 is 0.430 bits per heavy atom. The fourth-order valence-corrected chi connectivity index (χ4v) is 10.7. The Bertz CT molecular complexity index is 3020. The van der Waals surface area contributed by atoms with Crippen LogP contribution in [0.3, 0.4) is 0 Å². The largest absolute Gasteiger partial charge is 0.412 e. The fraction of sp³-hybridized carbons (Fsp3) is 0.231. The third-order valence-electron chi connectivity index (χ3n) is 14.4. The highest BCUT2D eigenvalue weighted by Gasteiger charge is 2.02. The molecule has 0 aliphatic heterocycles. The number of hydrogen-bond donors (Lipinski definition) is 0. The predicted molar refractivity (Wildman–Crippen MR) is 351 cm³/mol. The Morgan fingerprint density at radius 1 is 0.165 bits per heavy atom. The molecule has 12 aromatic carbocycles. The maximum absolute atomic E-state index is 2.23. The van der Waals surface area contributed by atoms with Crippen molar-refractivity contribution in [2.75, 3.05) is 0 Å². The summed E-state index contributed by atoms with van der Waals surface area (Å²) in [4.78, 5) is 0. The van der Waals surface area contributed by atoms with Gasteiger partial charge in [-0.2, -0.15) is 0 Å². The van der Waals surface area contributed by atoms with Gasteiger partial charge in [0.2, 0.25) is 0 Å². The molecule has 0 unspecified atom stereocenters. The van der Waals surface area contributed by atoms with E-state index in [9.17, 15) is 0 Å². The summed E-state index contributed by atoms with van der Waals surface area (Å²) in [5.74, 6) is 0. The molecule has 0 saturated carbocycles. The van der Waals surface area contributed by atoms with Crippen LogP contribution >= 0.6 is 0 Å². The van der Waals surface area contributed by atoms with Gasteiger partial charge in [0.25, 0.3) is 0 Å². The van der Waals surface area contributed by atoms with Crippen LogP contribution in [0.15, 0.2) is 255 Å². The molecular formula is C78H86O. The zero-order chi connectivity index (χ0) is 54.6. The molecule has 79 heavy (non-hydrogen) atoms. The van der Waals surface area contributed by atoms with Gasteiger partial charge in [-0.3, -0.25) is 0 Å². The first-order valence-electron chi connectivity index (χ1n) is 29.3. The van der Waals surface area contributed by atoms with E-state index >= 15 is 0 Å². The van der Waals surface area contributed by atoms with Crippen LogP contribution in [-0.4, -0.2) is 5.48 Å². The Kier molecular flexibility index (Phi) is 25.6. The summed E-state index contributed by atoms with van der Waals surface area (Å²) >= 11 is 0. The first-order chi connectivity index (χ1) is 38.5. The average Bonchev–Trinajstić information content (AvgIpc) is 3.49. The molecule has 0 heterocycles. The van der Waals surface area contributed by atoms with Gasteiger partial charge >= 0.3 is 0 Å². The van der Waals surface area contributed by atoms with E-state index < -0.39 is 0 Å². The van der Waals surface area contributed by atoms with E-state index in [-0.39, 0.29) is 5.48 Å². The average molecular weight is 1040 g/mol. The van der Waals surface area contributed by atoms with Crippen LogP contribution < -0.4 is 0 Å². The second-order valence-corrected chi connectivity index (χ2v) is 20.3. The first kappa shape index (κ1) is 60.4. The summed E-state index contributed by atoms with van der Waals surface area (Å²) in [6, 6.07) is 90.8. The third-order valence-corrected chi connectivity index (χ3v) is 14.4. The quantitative estimate of drug-likeness (QED) is 0.117. The second kappa shape index (κ2) is 33.5. The lowest BCUT2D eigenvalue weighted by Gasteiger charge is -2.03. The van der Waals surface area contributed by atoms with E-state index in [1.54, 1.807) is 0 Å². The van der Waals surface area contributed by atoms with E-state index in [4.69, 9.17) is 0 Å². The number of hydrogen-bond acceptors (Lipinski definition) is 0. The lowest BCUT2D eigenvalue weighted by molar-refractivity contribution is 0.824. The molecule has 0 radical (unpaired) electrons. The molecule has 12 rings (SSSR count). The van der Waals surface area contributed by atoms with E-state index in [0.717, 1.165) is 0 Å². The van der Waals surface area contributed by atoms with Crippen LogP contribution in [0, 0.1) is 0 Å². The van der Waals surface area contributed by atoms with Crippen molar-refractivity contribution in [2.45, 2.75) is 119 Å². The minimum atomic E-state index is 0. The molecule has 0 amide bonds. The maximum atomic E-state index is 2.23. The summed E-state index contributed by atoms with van der Waals surface area (Å²) < 4.78 is 0. The van der Waals surface area contributed by atoms with Crippen molar-refractivity contribution in [3.8, 4) is 0 Å². The smallest absolute Gasteiger partial charge is 0.0152 e. The zero-order valence-corrected chi connectivity index (χ0v) is 48.2. The van der Waals surface area contributed by atoms with Crippen LogP contribution in [0.25, 0.3) is 64.6 Å². The molecule has 0 fully saturated rings. The number of benzene rings is 12. The molecule has 404 valence electrons. The van der Waals surface area contributed by atoms with Crippen LogP contribution in [0.4, 0.5) is 0 Å². The van der Waals surface area contributed by atoms with E-state index in [0.29, 0.717) is 0 Å². The van der Waals surface area contributed by atoms with Gasteiger partial charge in [-0.1, -0.05) is 335 Å². The maximum Gasteiger partial charge on any atom is -0.0152 e. The standard InChI is InChI=1S/6C13H14.H2O/c6*1-2-6-11-8-5-9-12-7-3-4-10-13(11)12;/h6*3-5,7-10H,2,6H2,1H3;1H2. The Hall–Kier alpha value is -7.84. The van der Waals surface area contributed by atoms with Crippen molar-refractivity contribution in [3.05, 3.63) is 288 Å². The minimum absolute atomic E-state index is 0. The van der Waals surface area contributed by atoms with Crippen LogP contribution in [-0.2, 0) is 38.5 Å². The number of fused-ring (bicyclic) bond motifs is 6. The van der Waals surface area contributed by atoms with E-state index in [1.807, 2.05) is 0 Å². The van der Waals surface area contributed by atoms with Gasteiger partial charge in [0, 0.05) is 0 Å². The SMILES string of the molecule is CCCc1cccc2ccccc12.CCCc1cccc2ccccc12.CCCc1cccc2ccccc12.CCCc1cccc2ccccc12.CCCc1cccc2ccccc12.CCCc1cccc2ccccc12.O. The zero-order valence-electron chi connectivity index (χ0n) is 48.2. The lowest BCUT2D eigenvalue weighted by atomic mass is 10.0. The summed E-state index contributed by atoms with van der Waals surface area (Å²) in [7, 11) is 0. The van der Waals surface area contributed by atoms with Gasteiger partial charge in [0.05, 0.1) is 0 Å². The van der Waals surface area contributed by atoms with Crippen molar-refractivity contribution in [2.24, 2.45) is 0 Å². The Balaban J connectivity index is 0.000000153. The predicted octanol–water partition coefficient (Wildman–Crippen LogP) is 21.9. The molecule has 0 aliphatic carbocycles. The van der Waals surface area contributed by atoms with Gasteiger partial charge in [-0.25, -0.2) is 0 Å². The van der Waals surface area contributed by atoms with Gasteiger partial charge < -0.3 is 5.48 Å². The van der Waals surface area contributed by atoms with E-state index in [1.165, 1.54) is 175 Å². The highest BCUT2D eigenvalue weighted by molar-refractivity contribution is 5.89. The van der Waals surface area contributed by atoms with Crippen molar-refractivity contribution < 1.29 is 5.48 Å². The monoisotopic (exact) mass is 1040 g/mol. The molecule has 0 saturated heterocycles. The Morgan fingerprint density at radius 2 is 0.291 bits per heavy atom. The Labute approximate surface area is 474 Å². The number of aryl methyl sites for hydroxylation is 6. The summed E-state index contributed by atoms with van der Waals surface area (Å²) in [5, 5.41) is 16.6. The summed E-state index contributed by atoms with van der Waals surface area (Å²) in [6.45, 7) is 13.3. The van der Waals surface area contributed by atoms with Crippen molar-refractivity contribution in [1.29, 1.82) is 0 Å². The molecule has 2 N–H and O–H groups in total. The summed E-state index contributed by atoms with van der Waals surface area (Å²) in [6.07, 6.45) is 14.4. The molecule has 1 heteroatoms. The van der Waals surface area contributed by atoms with Crippen LogP contribution in [0.2, 0.25) is 0 Å². The molecule has 0 atom stereocenters. The number of rotatable bonds is 12. The first-order valence-corrected chi connectivity index (χ1v) is 29.3. The highest BCUT2D eigenvalue weighted by atomic mass is 16.0. The van der Waals surface area contributed by atoms with Gasteiger partial charge in [0.1, 0.15) is 0 Å². The molecule has 0 aromatic heterocycles. The molecule has 12 aromatic rings. The van der Waals surface area contributed by atoms with Crippen molar-refractivity contribution in [3.63, 3.8) is 0 Å². The van der Waals surface area contributed by atoms with Crippen LogP contribution in [0.1, 0.15) is 113 Å².